The summed E-state index contributed by atoms with van der Waals surface area (Å²) in [4.78, 5) is 2.23. The van der Waals surface area contributed by atoms with Crippen molar-refractivity contribution >= 4 is 15.7 Å². The summed E-state index contributed by atoms with van der Waals surface area (Å²) in [6.45, 7) is 2.38. The molecule has 7 heteroatoms. The number of nitrogens with one attached hydrogen (secondary N) is 1. The normalized spacial score (nSPS) is 17.5. The van der Waals surface area contributed by atoms with E-state index in [0.29, 0.717) is 18.2 Å². The van der Waals surface area contributed by atoms with Crippen molar-refractivity contribution in [1.29, 1.82) is 5.26 Å². The summed E-state index contributed by atoms with van der Waals surface area (Å²) in [5.41, 5.74) is 6.03. The summed E-state index contributed by atoms with van der Waals surface area (Å²) < 4.78 is 27.2. The van der Waals surface area contributed by atoms with Crippen LogP contribution < -0.4 is 10.5 Å². The predicted octanol–water partition coefficient (Wildman–Crippen LogP) is 0.761. The molecule has 0 unspecified atom stereocenters. The van der Waals surface area contributed by atoms with Crippen LogP contribution in [0.5, 0.6) is 0 Å². The lowest BCUT2D eigenvalue weighted by Gasteiger charge is -2.28. The molecule has 1 aliphatic rings. The van der Waals surface area contributed by atoms with Crippen LogP contribution in [0.1, 0.15) is 18.4 Å². The van der Waals surface area contributed by atoms with Gasteiger partial charge in [0, 0.05) is 12.2 Å². The minimum Gasteiger partial charge on any atom is -0.399 e. The number of piperidine rings is 1. The number of likely N-dealkylation sites (tertiary alicyclic amines) is 1. The molecule has 0 saturated carbocycles. The SMILES string of the molecule is CN1CCC(CNS(=O)(=O)c2ccc(N)cc2C#N)CC1. The fraction of sp³-hybridized carbons (Fsp3) is 0.500. The Balaban J connectivity index is 2.07. The van der Waals surface area contributed by atoms with E-state index < -0.39 is 10.0 Å². The minimum atomic E-state index is -3.67. The van der Waals surface area contributed by atoms with Gasteiger partial charge in [-0.2, -0.15) is 5.26 Å². The maximum atomic E-state index is 12.3. The standard InChI is InChI=1S/C14H20N4O2S/c1-18-6-4-11(5-7-18)10-17-21(19,20)14-3-2-13(16)8-12(14)9-15/h2-3,8,11,17H,4-7,10,16H2,1H3. The van der Waals surface area contributed by atoms with Gasteiger partial charge in [-0.05, 0) is 57.1 Å². The average Bonchev–Trinajstić information content (AvgIpc) is 2.46. The highest BCUT2D eigenvalue weighted by Gasteiger charge is 2.22. The van der Waals surface area contributed by atoms with Gasteiger partial charge in [0.25, 0.3) is 0 Å². The van der Waals surface area contributed by atoms with Crippen LogP contribution in [0, 0.1) is 17.2 Å². The Kier molecular flexibility index (Phi) is 4.83. The second-order valence-corrected chi connectivity index (χ2v) is 7.20. The molecule has 1 fully saturated rings. The first-order valence-corrected chi connectivity index (χ1v) is 8.38. The number of hydrogen-bond acceptors (Lipinski definition) is 5. The predicted molar refractivity (Wildman–Crippen MR) is 81.0 cm³/mol. The Labute approximate surface area is 125 Å². The van der Waals surface area contributed by atoms with E-state index >= 15 is 0 Å². The summed E-state index contributed by atoms with van der Waals surface area (Å²) in [5, 5.41) is 9.05. The highest BCUT2D eigenvalue weighted by Crippen LogP contribution is 2.20. The van der Waals surface area contributed by atoms with E-state index in [-0.39, 0.29) is 10.5 Å². The van der Waals surface area contributed by atoms with Gasteiger partial charge in [-0.1, -0.05) is 0 Å². The zero-order valence-corrected chi connectivity index (χ0v) is 12.9. The second-order valence-electron chi connectivity index (χ2n) is 5.47. The number of sulfonamides is 1. The number of benzene rings is 1. The molecule has 0 radical (unpaired) electrons. The lowest BCUT2D eigenvalue weighted by molar-refractivity contribution is 0.220. The largest absolute Gasteiger partial charge is 0.399 e. The Morgan fingerprint density at radius 3 is 2.71 bits per heavy atom. The molecule has 0 aromatic heterocycles. The van der Waals surface area contributed by atoms with Gasteiger partial charge in [-0.3, -0.25) is 0 Å². The zero-order valence-electron chi connectivity index (χ0n) is 12.0. The molecule has 21 heavy (non-hydrogen) atoms. The molecule has 0 bridgehead atoms. The third kappa shape index (κ3) is 3.94. The van der Waals surface area contributed by atoms with Crippen molar-refractivity contribution in [3.63, 3.8) is 0 Å². The molecular weight excluding hydrogens is 288 g/mol. The highest BCUT2D eigenvalue weighted by molar-refractivity contribution is 7.89. The van der Waals surface area contributed by atoms with Crippen LogP contribution in [0.2, 0.25) is 0 Å². The van der Waals surface area contributed by atoms with Gasteiger partial charge in [0.05, 0.1) is 10.5 Å². The molecule has 1 saturated heterocycles. The quantitative estimate of drug-likeness (QED) is 0.800. The van der Waals surface area contributed by atoms with Crippen LogP contribution in [0.15, 0.2) is 23.1 Å². The molecule has 2 rings (SSSR count). The molecular formula is C14H20N4O2S. The third-order valence-corrected chi connectivity index (χ3v) is 5.30. The molecule has 1 aromatic carbocycles. The van der Waals surface area contributed by atoms with E-state index in [1.165, 1.54) is 18.2 Å². The monoisotopic (exact) mass is 308 g/mol. The number of nitrogens with zero attached hydrogens (tertiary/aromatic N) is 2. The molecule has 1 heterocycles. The number of nitrogen functional groups attached to an aromatic ring is 1. The fourth-order valence-electron chi connectivity index (χ4n) is 2.44. The lowest BCUT2D eigenvalue weighted by atomic mass is 9.98. The number of hydrogen-bond donors (Lipinski definition) is 2. The Bertz CT molecular complexity index is 643. The van der Waals surface area contributed by atoms with Crippen LogP contribution >= 0.6 is 0 Å². The van der Waals surface area contributed by atoms with E-state index in [1.807, 2.05) is 6.07 Å². The van der Waals surface area contributed by atoms with Crippen LogP contribution in [0.3, 0.4) is 0 Å². The molecule has 6 nitrogen and oxygen atoms in total. The molecule has 1 aliphatic heterocycles. The maximum absolute atomic E-state index is 12.3. The van der Waals surface area contributed by atoms with Crippen LogP contribution in [0.4, 0.5) is 5.69 Å². The van der Waals surface area contributed by atoms with E-state index in [9.17, 15) is 8.42 Å². The fourth-order valence-corrected chi connectivity index (χ4v) is 3.69. The zero-order chi connectivity index (χ0) is 15.5. The summed E-state index contributed by atoms with van der Waals surface area (Å²) in [6.07, 6.45) is 1.96. The van der Waals surface area contributed by atoms with Crippen molar-refractivity contribution < 1.29 is 8.42 Å². The van der Waals surface area contributed by atoms with Crippen molar-refractivity contribution in [3.8, 4) is 6.07 Å². The Hall–Kier alpha value is -1.62. The summed E-state index contributed by atoms with van der Waals surface area (Å²) in [5.74, 6) is 0.343. The van der Waals surface area contributed by atoms with E-state index in [1.54, 1.807) is 0 Å². The molecule has 0 spiro atoms. The van der Waals surface area contributed by atoms with Gasteiger partial charge >= 0.3 is 0 Å². The van der Waals surface area contributed by atoms with Crippen molar-refractivity contribution in [2.45, 2.75) is 17.7 Å². The summed E-state index contributed by atoms with van der Waals surface area (Å²) >= 11 is 0. The average molecular weight is 308 g/mol. The molecule has 0 aliphatic carbocycles. The van der Waals surface area contributed by atoms with Crippen molar-refractivity contribution in [1.82, 2.24) is 9.62 Å². The number of nitrogens with two attached hydrogens (primary N) is 1. The van der Waals surface area contributed by atoms with Crippen molar-refractivity contribution in [2.24, 2.45) is 5.92 Å². The lowest BCUT2D eigenvalue weighted by Crippen LogP contribution is -2.37. The van der Waals surface area contributed by atoms with Crippen molar-refractivity contribution in [3.05, 3.63) is 23.8 Å². The topological polar surface area (TPSA) is 99.2 Å². The van der Waals surface area contributed by atoms with Crippen molar-refractivity contribution in [2.75, 3.05) is 32.4 Å². The van der Waals surface area contributed by atoms with Gasteiger partial charge in [0.2, 0.25) is 10.0 Å². The smallest absolute Gasteiger partial charge is 0.241 e. The molecule has 0 amide bonds. The van der Waals surface area contributed by atoms with Gasteiger partial charge < -0.3 is 10.6 Å². The van der Waals surface area contributed by atoms with Gasteiger partial charge in [-0.15, -0.1) is 0 Å². The van der Waals surface area contributed by atoms with Gasteiger partial charge in [-0.25, -0.2) is 13.1 Å². The second kappa shape index (κ2) is 6.43. The molecule has 114 valence electrons. The maximum Gasteiger partial charge on any atom is 0.241 e. The number of rotatable bonds is 4. The summed E-state index contributed by atoms with van der Waals surface area (Å²) in [7, 11) is -1.61. The first kappa shape index (κ1) is 15.8. The number of nitriles is 1. The third-order valence-electron chi connectivity index (χ3n) is 3.81. The highest BCUT2D eigenvalue weighted by atomic mass is 32.2. The van der Waals surface area contributed by atoms with Crippen LogP contribution in [-0.2, 0) is 10.0 Å². The first-order valence-electron chi connectivity index (χ1n) is 6.90. The van der Waals surface area contributed by atoms with Gasteiger partial charge in [0.15, 0.2) is 0 Å². The Morgan fingerprint density at radius 1 is 1.43 bits per heavy atom. The Morgan fingerprint density at radius 2 is 2.10 bits per heavy atom. The van der Waals surface area contributed by atoms with E-state index in [4.69, 9.17) is 11.0 Å². The van der Waals surface area contributed by atoms with Gasteiger partial charge in [0.1, 0.15) is 6.07 Å². The first-order chi connectivity index (χ1) is 9.92. The molecule has 0 atom stereocenters. The van der Waals surface area contributed by atoms with Crippen LogP contribution in [-0.4, -0.2) is 40.0 Å². The van der Waals surface area contributed by atoms with Crippen LogP contribution in [0.25, 0.3) is 0 Å². The van der Waals surface area contributed by atoms with E-state index in [2.05, 4.69) is 16.7 Å². The minimum absolute atomic E-state index is 0.00729. The summed E-state index contributed by atoms with van der Waals surface area (Å²) in [6, 6.07) is 6.13. The molecule has 1 aromatic rings. The molecule has 3 N–H and O–H groups in total. The van der Waals surface area contributed by atoms with E-state index in [0.717, 1.165) is 25.9 Å². The number of anilines is 1.